The van der Waals surface area contributed by atoms with Crippen LogP contribution in [0.2, 0.25) is 0 Å². The van der Waals surface area contributed by atoms with Gasteiger partial charge in [-0.25, -0.2) is 13.4 Å². The van der Waals surface area contributed by atoms with E-state index >= 15 is 0 Å². The van der Waals surface area contributed by atoms with E-state index in [1.807, 2.05) is 33.0 Å². The van der Waals surface area contributed by atoms with Gasteiger partial charge in [-0.15, -0.1) is 0 Å². The van der Waals surface area contributed by atoms with Crippen LogP contribution in [0.4, 0.5) is 0 Å². The first kappa shape index (κ1) is 24.7. The smallest absolute Gasteiger partial charge is 0.324 e. The number of carbonyl (C=O) groups is 1. The maximum atomic E-state index is 13.3. The molecule has 0 aliphatic carbocycles. The summed E-state index contributed by atoms with van der Waals surface area (Å²) >= 11 is 0. The van der Waals surface area contributed by atoms with E-state index in [0.29, 0.717) is 19.5 Å². The van der Waals surface area contributed by atoms with Gasteiger partial charge in [-0.2, -0.15) is 4.31 Å². The van der Waals surface area contributed by atoms with Crippen molar-refractivity contribution < 1.29 is 17.9 Å². The number of rotatable bonds is 10. The molecule has 1 atom stereocenters. The highest BCUT2D eigenvalue weighted by atomic mass is 32.2. The summed E-state index contributed by atoms with van der Waals surface area (Å²) in [5.41, 5.74) is 3.00. The van der Waals surface area contributed by atoms with Gasteiger partial charge in [-0.1, -0.05) is 38.6 Å². The minimum atomic E-state index is -3.89. The number of nitrogens with zero attached hydrogens (tertiary/aromatic N) is 3. The summed E-state index contributed by atoms with van der Waals surface area (Å²) in [6, 6.07) is 5.85. The SMILES string of the molecule is C=CCOC(=O)[C@@H](CC(C)C)N(C)S(=O)(=O)c1ccc(Cn2c(C)nc3c2C=CNC3)cc1. The number of hydrogen-bond donors (Lipinski definition) is 1. The van der Waals surface area contributed by atoms with Crippen molar-refractivity contribution in [1.29, 1.82) is 0 Å². The van der Waals surface area contributed by atoms with Gasteiger partial charge < -0.3 is 14.6 Å². The third-order valence-electron chi connectivity index (χ3n) is 5.59. The van der Waals surface area contributed by atoms with Crippen molar-refractivity contribution >= 4 is 22.1 Å². The standard InChI is InChI=1S/C24H32N4O4S/c1-6-13-32-24(29)23(14-17(2)3)27(5)33(30,31)20-9-7-19(8-10-20)16-28-18(4)26-21-15-25-12-11-22(21)28/h6-12,17,23,25H,1,13-16H2,2-5H3/t23-/m1/s1. The zero-order valence-corrected chi connectivity index (χ0v) is 20.4. The van der Waals surface area contributed by atoms with Gasteiger partial charge in [0.2, 0.25) is 10.0 Å². The summed E-state index contributed by atoms with van der Waals surface area (Å²) < 4.78 is 34.9. The number of aromatic nitrogens is 2. The maximum Gasteiger partial charge on any atom is 0.324 e. The fraction of sp³-hybridized carbons (Fsp3) is 0.417. The van der Waals surface area contributed by atoms with E-state index in [0.717, 1.165) is 27.1 Å². The maximum absolute atomic E-state index is 13.3. The van der Waals surface area contributed by atoms with Gasteiger partial charge >= 0.3 is 5.97 Å². The molecule has 0 spiro atoms. The Morgan fingerprint density at radius 2 is 2.03 bits per heavy atom. The Labute approximate surface area is 196 Å². The van der Waals surface area contributed by atoms with E-state index in [4.69, 9.17) is 4.74 Å². The number of carbonyl (C=O) groups excluding carboxylic acids is 1. The van der Waals surface area contributed by atoms with Crippen molar-refractivity contribution in [2.75, 3.05) is 13.7 Å². The van der Waals surface area contributed by atoms with E-state index < -0.39 is 22.0 Å². The van der Waals surface area contributed by atoms with Gasteiger partial charge in [-0.05, 0) is 49.2 Å². The van der Waals surface area contributed by atoms with E-state index in [2.05, 4.69) is 21.4 Å². The Bertz CT molecular complexity index is 1130. The predicted molar refractivity (Wildman–Crippen MR) is 128 cm³/mol. The van der Waals surface area contributed by atoms with Gasteiger partial charge in [0.05, 0.1) is 22.8 Å². The Morgan fingerprint density at radius 1 is 1.33 bits per heavy atom. The number of hydrogen-bond acceptors (Lipinski definition) is 6. The van der Waals surface area contributed by atoms with Gasteiger partial charge in [0.1, 0.15) is 18.5 Å². The second-order valence-electron chi connectivity index (χ2n) is 8.52. The van der Waals surface area contributed by atoms with Crippen LogP contribution in [-0.4, -0.2) is 47.9 Å². The Balaban J connectivity index is 1.81. The zero-order chi connectivity index (χ0) is 24.2. The van der Waals surface area contributed by atoms with Crippen LogP contribution in [-0.2, 0) is 32.6 Å². The second-order valence-corrected chi connectivity index (χ2v) is 10.5. The Kier molecular flexibility index (Phi) is 7.76. The minimum Gasteiger partial charge on any atom is -0.460 e. The molecule has 0 saturated heterocycles. The highest BCUT2D eigenvalue weighted by molar-refractivity contribution is 7.89. The molecule has 1 aliphatic heterocycles. The lowest BCUT2D eigenvalue weighted by molar-refractivity contribution is -0.147. The van der Waals surface area contributed by atoms with Crippen molar-refractivity contribution in [3.05, 3.63) is 65.9 Å². The molecule has 1 aromatic carbocycles. The monoisotopic (exact) mass is 472 g/mol. The lowest BCUT2D eigenvalue weighted by Gasteiger charge is -2.27. The third kappa shape index (κ3) is 5.54. The summed E-state index contributed by atoms with van der Waals surface area (Å²) in [5, 5.41) is 3.15. The molecule has 0 unspecified atom stereocenters. The number of esters is 1. The van der Waals surface area contributed by atoms with Crippen molar-refractivity contribution in [2.45, 2.75) is 51.2 Å². The molecule has 0 amide bonds. The van der Waals surface area contributed by atoms with Crippen molar-refractivity contribution in [1.82, 2.24) is 19.2 Å². The molecule has 1 N–H and O–H groups in total. The molecule has 0 saturated carbocycles. The van der Waals surface area contributed by atoms with E-state index in [9.17, 15) is 13.2 Å². The molecule has 178 valence electrons. The Hall–Kier alpha value is -2.91. The number of benzene rings is 1. The molecule has 3 rings (SSSR count). The van der Waals surface area contributed by atoms with Gasteiger partial charge in [0.25, 0.3) is 0 Å². The predicted octanol–water partition coefficient (Wildman–Crippen LogP) is 3.08. The highest BCUT2D eigenvalue weighted by Crippen LogP contribution is 2.23. The number of fused-ring (bicyclic) bond motifs is 1. The number of ether oxygens (including phenoxy) is 1. The average molecular weight is 473 g/mol. The fourth-order valence-electron chi connectivity index (χ4n) is 3.81. The molecule has 2 aromatic rings. The van der Waals surface area contributed by atoms with Crippen molar-refractivity contribution in [3.8, 4) is 0 Å². The first-order valence-electron chi connectivity index (χ1n) is 11.0. The summed E-state index contributed by atoms with van der Waals surface area (Å²) in [4.78, 5) is 17.3. The van der Waals surface area contributed by atoms with Crippen LogP contribution >= 0.6 is 0 Å². The Morgan fingerprint density at radius 3 is 2.67 bits per heavy atom. The number of sulfonamides is 1. The van der Waals surface area contributed by atoms with Gasteiger partial charge in [0.15, 0.2) is 0 Å². The van der Waals surface area contributed by atoms with Crippen LogP contribution in [0.15, 0.2) is 48.0 Å². The van der Waals surface area contributed by atoms with Crippen LogP contribution in [0.1, 0.15) is 43.0 Å². The first-order valence-corrected chi connectivity index (χ1v) is 12.4. The van der Waals surface area contributed by atoms with Crippen LogP contribution in [0.5, 0.6) is 0 Å². The molecular weight excluding hydrogens is 440 g/mol. The molecule has 9 heteroatoms. The lowest BCUT2D eigenvalue weighted by Crippen LogP contribution is -2.44. The van der Waals surface area contributed by atoms with Gasteiger partial charge in [-0.3, -0.25) is 4.79 Å². The number of nitrogens with one attached hydrogen (secondary N) is 1. The summed E-state index contributed by atoms with van der Waals surface area (Å²) in [6.45, 7) is 10.7. The fourth-order valence-corrected chi connectivity index (χ4v) is 5.13. The molecule has 1 aliphatic rings. The van der Waals surface area contributed by atoms with Crippen LogP contribution < -0.4 is 5.32 Å². The highest BCUT2D eigenvalue weighted by Gasteiger charge is 2.34. The molecule has 8 nitrogen and oxygen atoms in total. The molecular formula is C24H32N4O4S. The largest absolute Gasteiger partial charge is 0.460 e. The van der Waals surface area contributed by atoms with Crippen LogP contribution in [0.3, 0.4) is 0 Å². The van der Waals surface area contributed by atoms with E-state index in [1.165, 1.54) is 13.1 Å². The molecule has 0 bridgehead atoms. The van der Waals surface area contributed by atoms with Crippen molar-refractivity contribution in [3.63, 3.8) is 0 Å². The molecule has 0 radical (unpaired) electrons. The average Bonchev–Trinajstić information content (AvgIpc) is 3.10. The number of likely N-dealkylation sites (N-methyl/N-ethyl adjacent to an activating group) is 1. The van der Waals surface area contributed by atoms with E-state index in [1.54, 1.807) is 24.3 Å². The summed E-state index contributed by atoms with van der Waals surface area (Å²) in [7, 11) is -2.46. The topological polar surface area (TPSA) is 93.5 Å². The molecule has 2 heterocycles. The number of aryl methyl sites for hydroxylation is 1. The normalized spacial score (nSPS) is 14.1. The van der Waals surface area contributed by atoms with Gasteiger partial charge in [0, 0.05) is 13.6 Å². The zero-order valence-electron chi connectivity index (χ0n) is 19.6. The van der Waals surface area contributed by atoms with E-state index in [-0.39, 0.29) is 17.4 Å². The third-order valence-corrected chi connectivity index (χ3v) is 7.47. The lowest BCUT2D eigenvalue weighted by atomic mass is 10.0. The molecule has 1 aromatic heterocycles. The van der Waals surface area contributed by atoms with Crippen LogP contribution in [0.25, 0.3) is 6.08 Å². The van der Waals surface area contributed by atoms with Crippen LogP contribution in [0, 0.1) is 12.8 Å². The minimum absolute atomic E-state index is 0.0403. The second kappa shape index (κ2) is 10.4. The summed E-state index contributed by atoms with van der Waals surface area (Å²) in [6.07, 6.45) is 5.71. The molecule has 0 fully saturated rings. The first-order chi connectivity index (χ1) is 15.6. The quantitative estimate of drug-likeness (QED) is 0.422. The molecule has 33 heavy (non-hydrogen) atoms. The van der Waals surface area contributed by atoms with Crippen molar-refractivity contribution in [2.24, 2.45) is 5.92 Å². The number of imidazole rings is 1. The summed E-state index contributed by atoms with van der Waals surface area (Å²) in [5.74, 6) is 0.438.